The number of imide groups is 1. The molecule has 0 saturated carbocycles. The third-order valence-electron chi connectivity index (χ3n) is 6.11. The van der Waals surface area contributed by atoms with Crippen LogP contribution in [0.25, 0.3) is 17.0 Å². The highest BCUT2D eigenvalue weighted by Crippen LogP contribution is 2.34. The largest absolute Gasteiger partial charge is 0.465 e. The summed E-state index contributed by atoms with van der Waals surface area (Å²) in [5, 5.41) is 2.88. The molecule has 0 spiro atoms. The van der Waals surface area contributed by atoms with E-state index in [0.29, 0.717) is 17.8 Å². The van der Waals surface area contributed by atoms with E-state index in [4.69, 9.17) is 4.74 Å². The lowest BCUT2D eigenvalue weighted by Crippen LogP contribution is -2.36. The first-order valence-electron chi connectivity index (χ1n) is 11.9. The van der Waals surface area contributed by atoms with Crippen LogP contribution >= 0.6 is 11.8 Å². The van der Waals surface area contributed by atoms with Gasteiger partial charge < -0.3 is 14.6 Å². The minimum absolute atomic E-state index is 0.199. The predicted molar refractivity (Wildman–Crippen MR) is 147 cm³/mol. The number of aromatic nitrogens is 1. The summed E-state index contributed by atoms with van der Waals surface area (Å²) in [4.78, 5) is 51.1. The number of ether oxygens (including phenoxy) is 1. The Morgan fingerprint density at radius 3 is 2.56 bits per heavy atom. The van der Waals surface area contributed by atoms with Gasteiger partial charge in [0.25, 0.3) is 11.1 Å². The van der Waals surface area contributed by atoms with E-state index < -0.39 is 35.4 Å². The summed E-state index contributed by atoms with van der Waals surface area (Å²) < 4.78 is 19.9. The molecule has 1 N–H and O–H groups in total. The Labute approximate surface area is 227 Å². The van der Waals surface area contributed by atoms with Gasteiger partial charge >= 0.3 is 5.97 Å². The molecule has 1 saturated heterocycles. The molecule has 5 rings (SSSR count). The molecule has 1 aliphatic rings. The van der Waals surface area contributed by atoms with Gasteiger partial charge in [-0.1, -0.05) is 30.3 Å². The van der Waals surface area contributed by atoms with Crippen molar-refractivity contribution in [1.29, 1.82) is 0 Å². The van der Waals surface area contributed by atoms with Crippen LogP contribution in [-0.2, 0) is 20.9 Å². The number of hydrogen-bond acceptors (Lipinski definition) is 6. The van der Waals surface area contributed by atoms with Crippen molar-refractivity contribution in [1.82, 2.24) is 9.47 Å². The molecule has 196 valence electrons. The molecule has 0 unspecified atom stereocenters. The zero-order valence-electron chi connectivity index (χ0n) is 20.7. The van der Waals surface area contributed by atoms with Crippen LogP contribution in [0, 0.1) is 5.82 Å². The van der Waals surface area contributed by atoms with Crippen LogP contribution in [-0.4, -0.2) is 46.1 Å². The molecule has 4 aromatic rings. The van der Waals surface area contributed by atoms with Crippen molar-refractivity contribution in [3.63, 3.8) is 0 Å². The molecular formula is C29H22FN3O5S. The van der Waals surface area contributed by atoms with Crippen LogP contribution in [0.5, 0.6) is 0 Å². The molecule has 1 fully saturated rings. The molecule has 39 heavy (non-hydrogen) atoms. The Morgan fingerprint density at radius 1 is 1.03 bits per heavy atom. The minimum atomic E-state index is -0.573. The normalized spacial score (nSPS) is 14.3. The number of rotatable bonds is 7. The number of carbonyl (C=O) groups excluding carboxylic acids is 4. The van der Waals surface area contributed by atoms with Gasteiger partial charge in [-0.2, -0.15) is 0 Å². The third kappa shape index (κ3) is 5.60. The van der Waals surface area contributed by atoms with Crippen LogP contribution in [0.1, 0.15) is 21.5 Å². The Hall–Kier alpha value is -4.70. The summed E-state index contributed by atoms with van der Waals surface area (Å²) >= 11 is 0.765. The van der Waals surface area contributed by atoms with Gasteiger partial charge in [0.05, 0.1) is 17.6 Å². The van der Waals surface area contributed by atoms with Crippen LogP contribution in [0.3, 0.4) is 0 Å². The van der Waals surface area contributed by atoms with Crippen molar-refractivity contribution >= 4 is 57.5 Å². The highest BCUT2D eigenvalue weighted by molar-refractivity contribution is 8.18. The lowest BCUT2D eigenvalue weighted by Gasteiger charge is -2.12. The van der Waals surface area contributed by atoms with Gasteiger partial charge in [-0.15, -0.1) is 0 Å². The molecule has 0 bridgehead atoms. The molecule has 3 amide bonds. The molecule has 0 radical (unpaired) electrons. The van der Waals surface area contributed by atoms with E-state index >= 15 is 0 Å². The van der Waals surface area contributed by atoms with E-state index in [9.17, 15) is 23.6 Å². The maximum absolute atomic E-state index is 13.1. The molecule has 8 nitrogen and oxygen atoms in total. The van der Waals surface area contributed by atoms with Crippen molar-refractivity contribution in [2.45, 2.75) is 6.54 Å². The van der Waals surface area contributed by atoms with Gasteiger partial charge in [0.15, 0.2) is 0 Å². The smallest absolute Gasteiger partial charge is 0.337 e. The number of halogens is 1. The van der Waals surface area contributed by atoms with Gasteiger partial charge in [-0.3, -0.25) is 19.3 Å². The molecular weight excluding hydrogens is 521 g/mol. The average Bonchev–Trinajstić information content (AvgIpc) is 3.41. The Morgan fingerprint density at radius 2 is 1.79 bits per heavy atom. The number of para-hydroxylation sites is 1. The first-order valence-corrected chi connectivity index (χ1v) is 12.7. The fourth-order valence-electron chi connectivity index (χ4n) is 4.29. The van der Waals surface area contributed by atoms with Crippen molar-refractivity contribution in [3.8, 4) is 0 Å². The maximum atomic E-state index is 13.1. The summed E-state index contributed by atoms with van der Waals surface area (Å²) in [6, 6.07) is 20.0. The number of hydrogen-bond donors (Lipinski definition) is 1. The van der Waals surface area contributed by atoms with Crippen molar-refractivity contribution in [2.24, 2.45) is 0 Å². The fraction of sp³-hybridized carbons (Fsp3) is 0.103. The van der Waals surface area contributed by atoms with E-state index in [1.54, 1.807) is 24.3 Å². The van der Waals surface area contributed by atoms with Crippen molar-refractivity contribution in [2.75, 3.05) is 19.0 Å². The predicted octanol–water partition coefficient (Wildman–Crippen LogP) is 5.29. The lowest BCUT2D eigenvalue weighted by atomic mass is 10.1. The van der Waals surface area contributed by atoms with Crippen molar-refractivity contribution < 1.29 is 28.3 Å². The zero-order chi connectivity index (χ0) is 27.5. The Balaban J connectivity index is 1.37. The lowest BCUT2D eigenvalue weighted by molar-refractivity contribution is -0.127. The quantitative estimate of drug-likeness (QED) is 0.251. The number of nitrogens with zero attached hydrogens (tertiary/aromatic N) is 2. The number of carbonyl (C=O) groups is 4. The van der Waals surface area contributed by atoms with Gasteiger partial charge in [0.1, 0.15) is 12.4 Å². The summed E-state index contributed by atoms with van der Waals surface area (Å²) in [5.41, 5.74) is 3.33. The standard InChI is InChI=1S/C29H22FN3O5S/c1-38-28(36)19-6-4-5-18(13-19)15-32-16-20(23-7-2-3-8-24(23)32)14-25-27(35)33(29(37)39-25)17-26(34)31-22-11-9-21(30)10-12-22/h2-14,16H,15,17H2,1H3,(H,31,34)/b25-14-. The van der Waals surface area contributed by atoms with E-state index in [1.807, 2.05) is 41.1 Å². The SMILES string of the molecule is COC(=O)c1cccc(Cn2cc(/C=C3\SC(=O)N(CC(=O)Nc4ccc(F)cc4)C3=O)c3ccccc32)c1. The molecule has 0 atom stereocenters. The Kier molecular flexibility index (Phi) is 7.29. The third-order valence-corrected chi connectivity index (χ3v) is 7.02. The Bertz CT molecular complexity index is 1640. The van der Waals surface area contributed by atoms with Gasteiger partial charge in [-0.05, 0) is 65.9 Å². The zero-order valence-corrected chi connectivity index (χ0v) is 21.5. The number of methoxy groups -OCH3 is 1. The van der Waals surface area contributed by atoms with E-state index in [2.05, 4.69) is 5.32 Å². The van der Waals surface area contributed by atoms with Crippen LogP contribution in [0.15, 0.2) is 83.9 Å². The number of fused-ring (bicyclic) bond motifs is 1. The average molecular weight is 544 g/mol. The van der Waals surface area contributed by atoms with Gasteiger partial charge in [0.2, 0.25) is 5.91 Å². The first kappa shape index (κ1) is 25.9. The molecule has 1 aliphatic heterocycles. The number of anilines is 1. The topological polar surface area (TPSA) is 97.7 Å². The highest BCUT2D eigenvalue weighted by Gasteiger charge is 2.36. The highest BCUT2D eigenvalue weighted by atomic mass is 32.2. The summed E-state index contributed by atoms with van der Waals surface area (Å²) in [5.74, 6) is -2.00. The second kappa shape index (κ2) is 11.0. The summed E-state index contributed by atoms with van der Waals surface area (Å²) in [6.45, 7) is 0.00189. The first-order chi connectivity index (χ1) is 18.8. The van der Waals surface area contributed by atoms with E-state index in [-0.39, 0.29) is 4.91 Å². The number of nitrogens with one attached hydrogen (secondary N) is 1. The van der Waals surface area contributed by atoms with E-state index in [0.717, 1.165) is 38.7 Å². The second-order valence-electron chi connectivity index (χ2n) is 8.74. The van der Waals surface area contributed by atoms with Gasteiger partial charge in [0, 0.05) is 34.9 Å². The molecule has 2 heterocycles. The molecule has 3 aromatic carbocycles. The minimum Gasteiger partial charge on any atom is -0.465 e. The number of thioether (sulfide) groups is 1. The molecule has 1 aromatic heterocycles. The summed E-state index contributed by atoms with van der Waals surface area (Å²) in [6.07, 6.45) is 3.52. The fourth-order valence-corrected chi connectivity index (χ4v) is 5.12. The molecule has 10 heteroatoms. The molecule has 0 aliphatic carbocycles. The maximum Gasteiger partial charge on any atom is 0.337 e. The number of esters is 1. The second-order valence-corrected chi connectivity index (χ2v) is 9.74. The van der Waals surface area contributed by atoms with Crippen molar-refractivity contribution in [3.05, 3.63) is 106 Å². The van der Waals surface area contributed by atoms with Crippen LogP contribution in [0.4, 0.5) is 14.9 Å². The van der Waals surface area contributed by atoms with Crippen LogP contribution < -0.4 is 5.32 Å². The summed E-state index contributed by atoms with van der Waals surface area (Å²) in [7, 11) is 1.33. The number of benzene rings is 3. The van der Waals surface area contributed by atoms with E-state index in [1.165, 1.54) is 31.4 Å². The van der Waals surface area contributed by atoms with Crippen LogP contribution in [0.2, 0.25) is 0 Å². The van der Waals surface area contributed by atoms with Gasteiger partial charge in [-0.25, -0.2) is 9.18 Å². The number of amides is 3. The monoisotopic (exact) mass is 543 g/mol.